The van der Waals surface area contributed by atoms with Crippen molar-refractivity contribution >= 4 is 0 Å². The molecular formula is C12H26N2O2. The minimum Gasteiger partial charge on any atom is -0.394 e. The number of nitrogens with one attached hydrogen (secondary N) is 1. The van der Waals surface area contributed by atoms with Gasteiger partial charge in [0.2, 0.25) is 0 Å². The smallest absolute Gasteiger partial charge is 0.0619 e. The molecule has 1 saturated heterocycles. The third kappa shape index (κ3) is 3.42. The molecule has 16 heavy (non-hydrogen) atoms. The molecule has 3 unspecified atom stereocenters. The summed E-state index contributed by atoms with van der Waals surface area (Å²) in [4.78, 5) is 2.47. The van der Waals surface area contributed by atoms with Crippen LogP contribution in [0.25, 0.3) is 0 Å². The number of aliphatic hydroxyl groups excluding tert-OH is 1. The van der Waals surface area contributed by atoms with Gasteiger partial charge in [0.1, 0.15) is 0 Å². The van der Waals surface area contributed by atoms with Crippen molar-refractivity contribution in [3.63, 3.8) is 0 Å². The molecule has 4 nitrogen and oxygen atoms in total. The Labute approximate surface area is 99.0 Å². The van der Waals surface area contributed by atoms with E-state index in [1.54, 1.807) is 0 Å². The largest absolute Gasteiger partial charge is 0.394 e. The Hall–Kier alpha value is -0.160. The normalized spacial score (nSPS) is 28.7. The van der Waals surface area contributed by atoms with Crippen LogP contribution in [0.15, 0.2) is 0 Å². The molecule has 0 aliphatic carbocycles. The summed E-state index contributed by atoms with van der Waals surface area (Å²) < 4.78 is 5.44. The van der Waals surface area contributed by atoms with Gasteiger partial charge in [-0.1, -0.05) is 0 Å². The quantitative estimate of drug-likeness (QED) is 0.720. The van der Waals surface area contributed by atoms with Crippen LogP contribution >= 0.6 is 0 Å². The summed E-state index contributed by atoms with van der Waals surface area (Å²) in [5.74, 6) is 0. The molecule has 0 aromatic carbocycles. The first kappa shape index (κ1) is 13.9. The van der Waals surface area contributed by atoms with Crippen molar-refractivity contribution in [3.05, 3.63) is 0 Å². The van der Waals surface area contributed by atoms with E-state index in [-0.39, 0.29) is 12.1 Å². The highest BCUT2D eigenvalue weighted by Crippen LogP contribution is 2.19. The minimum atomic E-state index is -0.183. The van der Waals surface area contributed by atoms with Crippen LogP contribution in [0.4, 0.5) is 0 Å². The Morgan fingerprint density at radius 3 is 2.81 bits per heavy atom. The van der Waals surface area contributed by atoms with Crippen LogP contribution in [0, 0.1) is 0 Å². The van der Waals surface area contributed by atoms with Gasteiger partial charge in [-0.2, -0.15) is 0 Å². The van der Waals surface area contributed by atoms with E-state index >= 15 is 0 Å². The fraction of sp³-hybridized carbons (Fsp3) is 1.00. The monoisotopic (exact) mass is 230 g/mol. The fourth-order valence-corrected chi connectivity index (χ4v) is 2.41. The molecule has 4 heteroatoms. The Kier molecular flexibility index (Phi) is 5.18. The summed E-state index contributed by atoms with van der Waals surface area (Å²) >= 11 is 0. The molecule has 1 heterocycles. The van der Waals surface area contributed by atoms with Crippen molar-refractivity contribution in [2.75, 3.05) is 33.4 Å². The van der Waals surface area contributed by atoms with Gasteiger partial charge < -0.3 is 15.2 Å². The van der Waals surface area contributed by atoms with E-state index in [2.05, 4.69) is 31.0 Å². The van der Waals surface area contributed by atoms with Gasteiger partial charge in [-0.05, 0) is 34.2 Å². The molecule has 3 atom stereocenters. The highest BCUT2D eigenvalue weighted by atomic mass is 16.5. The number of hydrogen-bond donors (Lipinski definition) is 2. The first-order chi connectivity index (χ1) is 7.52. The average Bonchev–Trinajstić information content (AvgIpc) is 2.29. The standard InChI is InChI=1S/C12H26N2O2/c1-10(7-12(3,9-15)13-4)14-5-6-16-8-11(14)2/h10-11,13,15H,5-9H2,1-4H3. The van der Waals surface area contributed by atoms with Crippen LogP contribution in [0.3, 0.4) is 0 Å². The summed E-state index contributed by atoms with van der Waals surface area (Å²) in [6.07, 6.45) is 0.949. The van der Waals surface area contributed by atoms with Gasteiger partial charge in [-0.15, -0.1) is 0 Å². The second-order valence-electron chi connectivity index (χ2n) is 5.18. The third-order valence-corrected chi connectivity index (χ3v) is 3.68. The maximum atomic E-state index is 9.39. The van der Waals surface area contributed by atoms with Crippen LogP contribution in [-0.2, 0) is 4.74 Å². The van der Waals surface area contributed by atoms with Crippen LogP contribution in [-0.4, -0.2) is 61.0 Å². The molecule has 0 radical (unpaired) electrons. The van der Waals surface area contributed by atoms with E-state index in [0.717, 1.165) is 26.2 Å². The Morgan fingerprint density at radius 1 is 1.62 bits per heavy atom. The van der Waals surface area contributed by atoms with Gasteiger partial charge in [0.05, 0.1) is 19.8 Å². The Bertz CT molecular complexity index is 207. The summed E-state index contributed by atoms with van der Waals surface area (Å²) in [5.41, 5.74) is -0.183. The zero-order valence-electron chi connectivity index (χ0n) is 11.0. The van der Waals surface area contributed by atoms with Crippen molar-refractivity contribution < 1.29 is 9.84 Å². The number of nitrogens with zero attached hydrogens (tertiary/aromatic N) is 1. The van der Waals surface area contributed by atoms with Crippen LogP contribution in [0.1, 0.15) is 27.2 Å². The van der Waals surface area contributed by atoms with Gasteiger partial charge in [-0.3, -0.25) is 4.90 Å². The van der Waals surface area contributed by atoms with Crippen molar-refractivity contribution in [1.29, 1.82) is 0 Å². The maximum Gasteiger partial charge on any atom is 0.0619 e. The molecule has 0 amide bonds. The number of morpholine rings is 1. The second kappa shape index (κ2) is 5.96. The molecular weight excluding hydrogens is 204 g/mol. The van der Waals surface area contributed by atoms with E-state index in [4.69, 9.17) is 4.74 Å². The molecule has 0 bridgehead atoms. The van der Waals surface area contributed by atoms with Crippen molar-refractivity contribution in [3.8, 4) is 0 Å². The van der Waals surface area contributed by atoms with Crippen LogP contribution in [0.5, 0.6) is 0 Å². The number of ether oxygens (including phenoxy) is 1. The van der Waals surface area contributed by atoms with Crippen LogP contribution in [0.2, 0.25) is 0 Å². The number of likely N-dealkylation sites (N-methyl/N-ethyl adjacent to an activating group) is 1. The van der Waals surface area contributed by atoms with Gasteiger partial charge in [-0.25, -0.2) is 0 Å². The van der Waals surface area contributed by atoms with E-state index in [0.29, 0.717) is 12.1 Å². The Morgan fingerprint density at radius 2 is 2.31 bits per heavy atom. The Balaban J connectivity index is 2.52. The lowest BCUT2D eigenvalue weighted by Crippen LogP contribution is -2.53. The van der Waals surface area contributed by atoms with Gasteiger partial charge >= 0.3 is 0 Å². The van der Waals surface area contributed by atoms with Crippen molar-refractivity contribution in [2.45, 2.75) is 44.8 Å². The zero-order chi connectivity index (χ0) is 12.2. The van der Waals surface area contributed by atoms with Gasteiger partial charge in [0.25, 0.3) is 0 Å². The maximum absolute atomic E-state index is 9.39. The lowest BCUT2D eigenvalue weighted by Gasteiger charge is -2.41. The molecule has 0 aromatic heterocycles. The molecule has 0 spiro atoms. The molecule has 96 valence electrons. The SMILES string of the molecule is CNC(C)(CO)CC(C)N1CCOCC1C. The summed E-state index contributed by atoms with van der Waals surface area (Å²) in [6, 6.07) is 0.937. The molecule has 1 aliphatic rings. The average molecular weight is 230 g/mol. The summed E-state index contributed by atoms with van der Waals surface area (Å²) in [5, 5.41) is 12.6. The van der Waals surface area contributed by atoms with E-state index in [1.807, 2.05) is 7.05 Å². The van der Waals surface area contributed by atoms with Gasteiger partial charge in [0, 0.05) is 24.2 Å². The first-order valence-electron chi connectivity index (χ1n) is 6.15. The minimum absolute atomic E-state index is 0.173. The first-order valence-corrected chi connectivity index (χ1v) is 6.15. The zero-order valence-corrected chi connectivity index (χ0v) is 11.0. The number of hydrogen-bond acceptors (Lipinski definition) is 4. The molecule has 0 aromatic rings. The third-order valence-electron chi connectivity index (χ3n) is 3.68. The highest BCUT2D eigenvalue weighted by molar-refractivity contribution is 4.88. The molecule has 0 saturated carbocycles. The number of rotatable bonds is 5. The molecule has 2 N–H and O–H groups in total. The van der Waals surface area contributed by atoms with Crippen molar-refractivity contribution in [2.24, 2.45) is 0 Å². The van der Waals surface area contributed by atoms with E-state index < -0.39 is 0 Å². The number of aliphatic hydroxyl groups is 1. The van der Waals surface area contributed by atoms with Crippen molar-refractivity contribution in [1.82, 2.24) is 10.2 Å². The predicted molar refractivity (Wildman–Crippen MR) is 65.6 cm³/mol. The molecule has 1 aliphatic heterocycles. The fourth-order valence-electron chi connectivity index (χ4n) is 2.41. The van der Waals surface area contributed by atoms with Crippen LogP contribution < -0.4 is 5.32 Å². The predicted octanol–water partition coefficient (Wildman–Crippen LogP) is 0.456. The van der Waals surface area contributed by atoms with Gasteiger partial charge in [0.15, 0.2) is 0 Å². The van der Waals surface area contributed by atoms with E-state index in [1.165, 1.54) is 0 Å². The second-order valence-corrected chi connectivity index (χ2v) is 5.18. The molecule has 1 rings (SSSR count). The summed E-state index contributed by atoms with van der Waals surface area (Å²) in [6.45, 7) is 9.30. The summed E-state index contributed by atoms with van der Waals surface area (Å²) in [7, 11) is 1.91. The highest BCUT2D eigenvalue weighted by Gasteiger charge is 2.30. The lowest BCUT2D eigenvalue weighted by atomic mass is 9.93. The molecule has 1 fully saturated rings. The topological polar surface area (TPSA) is 44.7 Å². The lowest BCUT2D eigenvalue weighted by molar-refractivity contribution is -0.0265. The van der Waals surface area contributed by atoms with E-state index in [9.17, 15) is 5.11 Å².